The van der Waals surface area contributed by atoms with Gasteiger partial charge in [-0.1, -0.05) is 19.9 Å². The maximum Gasteiger partial charge on any atom is 0.232 e. The second-order valence-corrected chi connectivity index (χ2v) is 7.36. The van der Waals surface area contributed by atoms with E-state index in [9.17, 15) is 14.7 Å². The summed E-state index contributed by atoms with van der Waals surface area (Å²) in [5.74, 6) is 0.896. The van der Waals surface area contributed by atoms with E-state index in [1.807, 2.05) is 13.8 Å². The van der Waals surface area contributed by atoms with Crippen LogP contribution in [0.5, 0.6) is 23.0 Å². The van der Waals surface area contributed by atoms with Crippen LogP contribution in [-0.4, -0.2) is 38.1 Å². The lowest BCUT2D eigenvalue weighted by molar-refractivity contribution is -0.122. The first-order chi connectivity index (χ1) is 14.7. The lowest BCUT2D eigenvalue weighted by Gasteiger charge is -2.14. The molecular formula is C24H29NO6. The molecule has 2 rings (SSSR count). The molecule has 0 saturated carbocycles. The van der Waals surface area contributed by atoms with Crippen LogP contribution in [0.3, 0.4) is 0 Å². The van der Waals surface area contributed by atoms with Crippen molar-refractivity contribution in [2.45, 2.75) is 33.1 Å². The van der Waals surface area contributed by atoms with Gasteiger partial charge >= 0.3 is 0 Å². The summed E-state index contributed by atoms with van der Waals surface area (Å²) in [5.41, 5.74) is 2.69. The van der Waals surface area contributed by atoms with E-state index in [0.717, 1.165) is 11.1 Å². The van der Waals surface area contributed by atoms with Crippen LogP contribution < -0.4 is 19.5 Å². The van der Waals surface area contributed by atoms with Gasteiger partial charge in [0.25, 0.3) is 0 Å². The first-order valence-electron chi connectivity index (χ1n) is 9.84. The Morgan fingerprint density at radius 3 is 2.16 bits per heavy atom. The molecule has 0 aliphatic rings. The van der Waals surface area contributed by atoms with E-state index in [4.69, 9.17) is 14.2 Å². The molecule has 7 heteroatoms. The van der Waals surface area contributed by atoms with Crippen LogP contribution in [0.25, 0.3) is 6.08 Å². The lowest BCUT2D eigenvalue weighted by atomic mass is 9.99. The van der Waals surface area contributed by atoms with Crippen LogP contribution in [0.2, 0.25) is 0 Å². The number of benzene rings is 2. The molecule has 2 N–H and O–H groups in total. The number of aromatic hydroxyl groups is 1. The van der Waals surface area contributed by atoms with E-state index < -0.39 is 5.91 Å². The van der Waals surface area contributed by atoms with Gasteiger partial charge in [-0.05, 0) is 59.9 Å². The van der Waals surface area contributed by atoms with Gasteiger partial charge in [0.2, 0.25) is 11.7 Å². The number of methoxy groups -OCH3 is 3. The SMILES string of the molecule is COc1cc(/C=C/C(=O)CC(=O)Nc2cc(C(C)C)c(O)cc2C)cc(OC)c1OC. The standard InChI is InChI=1S/C24H29NO6/c1-14(2)18-13-19(15(3)9-20(18)27)25-23(28)12-17(26)8-7-16-10-21(29-4)24(31-6)22(11-16)30-5/h7-11,13-14,27H,12H2,1-6H3,(H,25,28)/b8-7+. The molecule has 166 valence electrons. The Kier molecular flexibility index (Phi) is 8.07. The fraction of sp³-hybridized carbons (Fsp3) is 0.333. The lowest BCUT2D eigenvalue weighted by Crippen LogP contribution is -2.16. The highest BCUT2D eigenvalue weighted by Crippen LogP contribution is 2.38. The van der Waals surface area contributed by atoms with Crippen molar-refractivity contribution >= 4 is 23.5 Å². The quantitative estimate of drug-likeness (QED) is 0.349. The number of hydrogen-bond acceptors (Lipinski definition) is 6. The average Bonchev–Trinajstić information content (AvgIpc) is 2.72. The molecule has 0 atom stereocenters. The zero-order valence-corrected chi connectivity index (χ0v) is 18.7. The van der Waals surface area contributed by atoms with Crippen molar-refractivity contribution in [3.8, 4) is 23.0 Å². The largest absolute Gasteiger partial charge is 0.508 e. The first-order valence-corrected chi connectivity index (χ1v) is 9.84. The molecule has 0 aromatic heterocycles. The molecule has 0 aliphatic heterocycles. The minimum atomic E-state index is -0.428. The van der Waals surface area contributed by atoms with Crippen LogP contribution in [0.15, 0.2) is 30.3 Å². The fourth-order valence-electron chi connectivity index (χ4n) is 3.10. The summed E-state index contributed by atoms with van der Waals surface area (Å²) in [6.07, 6.45) is 2.62. The summed E-state index contributed by atoms with van der Waals surface area (Å²) in [7, 11) is 4.53. The molecule has 2 aromatic rings. The highest BCUT2D eigenvalue weighted by molar-refractivity contribution is 6.09. The number of phenolic OH excluding ortho intramolecular Hbond substituents is 1. The van der Waals surface area contributed by atoms with Crippen molar-refractivity contribution in [1.82, 2.24) is 0 Å². The number of rotatable bonds is 9. The minimum Gasteiger partial charge on any atom is -0.508 e. The third-order valence-corrected chi connectivity index (χ3v) is 4.75. The molecule has 1 amide bonds. The maximum absolute atomic E-state index is 12.4. The Morgan fingerprint density at radius 2 is 1.65 bits per heavy atom. The summed E-state index contributed by atoms with van der Waals surface area (Å²) in [4.78, 5) is 24.6. The van der Waals surface area contributed by atoms with Crippen LogP contribution in [0.1, 0.15) is 42.9 Å². The molecule has 0 aliphatic carbocycles. The summed E-state index contributed by atoms with van der Waals surface area (Å²) in [5, 5.41) is 12.8. The number of phenols is 1. The van der Waals surface area contributed by atoms with E-state index in [0.29, 0.717) is 28.5 Å². The van der Waals surface area contributed by atoms with E-state index in [1.165, 1.54) is 27.4 Å². The Morgan fingerprint density at radius 1 is 1.03 bits per heavy atom. The minimum absolute atomic E-state index is 0.0966. The molecular weight excluding hydrogens is 398 g/mol. The summed E-state index contributed by atoms with van der Waals surface area (Å²) in [6.45, 7) is 5.69. The highest BCUT2D eigenvalue weighted by atomic mass is 16.5. The van der Waals surface area contributed by atoms with Gasteiger partial charge in [-0.2, -0.15) is 0 Å². The van der Waals surface area contributed by atoms with Crippen molar-refractivity contribution in [3.63, 3.8) is 0 Å². The third kappa shape index (κ3) is 6.01. The number of nitrogens with one attached hydrogen (secondary N) is 1. The zero-order valence-electron chi connectivity index (χ0n) is 18.7. The molecule has 31 heavy (non-hydrogen) atoms. The van der Waals surface area contributed by atoms with Crippen molar-refractivity contribution in [3.05, 3.63) is 47.0 Å². The highest BCUT2D eigenvalue weighted by Gasteiger charge is 2.14. The van der Waals surface area contributed by atoms with Gasteiger partial charge < -0.3 is 24.6 Å². The average molecular weight is 427 g/mol. The number of hydrogen-bond donors (Lipinski definition) is 2. The maximum atomic E-state index is 12.4. The van der Waals surface area contributed by atoms with Gasteiger partial charge in [0.15, 0.2) is 17.3 Å². The Labute approximate surface area is 182 Å². The number of ketones is 1. The molecule has 2 aromatic carbocycles. The van der Waals surface area contributed by atoms with Crippen LogP contribution in [0.4, 0.5) is 5.69 Å². The molecule has 0 radical (unpaired) electrons. The van der Waals surface area contributed by atoms with E-state index >= 15 is 0 Å². The normalized spacial score (nSPS) is 10.9. The topological polar surface area (TPSA) is 94.1 Å². The van der Waals surface area contributed by atoms with Crippen LogP contribution in [0, 0.1) is 6.92 Å². The number of aryl methyl sites for hydroxylation is 1. The number of carbonyl (C=O) groups is 2. The number of amides is 1. The van der Waals surface area contributed by atoms with Crippen molar-refractivity contribution in [1.29, 1.82) is 0 Å². The second-order valence-electron chi connectivity index (χ2n) is 7.36. The number of ether oxygens (including phenoxy) is 3. The van der Waals surface area contributed by atoms with E-state index in [1.54, 1.807) is 37.3 Å². The number of anilines is 1. The summed E-state index contributed by atoms with van der Waals surface area (Å²) < 4.78 is 15.9. The molecule has 7 nitrogen and oxygen atoms in total. The van der Waals surface area contributed by atoms with Crippen molar-refractivity contribution < 1.29 is 28.9 Å². The van der Waals surface area contributed by atoms with Gasteiger partial charge in [-0.25, -0.2) is 0 Å². The van der Waals surface area contributed by atoms with Crippen molar-refractivity contribution in [2.24, 2.45) is 0 Å². The summed E-state index contributed by atoms with van der Waals surface area (Å²) >= 11 is 0. The van der Waals surface area contributed by atoms with Gasteiger partial charge in [-0.3, -0.25) is 9.59 Å². The van der Waals surface area contributed by atoms with Crippen LogP contribution >= 0.6 is 0 Å². The predicted molar refractivity (Wildman–Crippen MR) is 120 cm³/mol. The van der Waals surface area contributed by atoms with Gasteiger partial charge in [0.1, 0.15) is 5.75 Å². The second kappa shape index (κ2) is 10.5. The fourth-order valence-corrected chi connectivity index (χ4v) is 3.10. The zero-order chi connectivity index (χ0) is 23.1. The first kappa shape index (κ1) is 23.8. The third-order valence-electron chi connectivity index (χ3n) is 4.75. The number of carbonyl (C=O) groups excluding carboxylic acids is 2. The molecule has 0 heterocycles. The van der Waals surface area contributed by atoms with Gasteiger partial charge in [0.05, 0.1) is 27.8 Å². The predicted octanol–water partition coefficient (Wildman–Crippen LogP) is 4.46. The molecule has 0 spiro atoms. The molecule has 0 unspecified atom stereocenters. The van der Waals surface area contributed by atoms with Gasteiger partial charge in [0, 0.05) is 5.69 Å². The molecule has 0 bridgehead atoms. The molecule has 0 saturated heterocycles. The summed E-state index contributed by atoms with van der Waals surface area (Å²) in [6, 6.07) is 6.76. The van der Waals surface area contributed by atoms with E-state index in [2.05, 4.69) is 5.32 Å². The van der Waals surface area contributed by atoms with Gasteiger partial charge in [-0.15, -0.1) is 0 Å². The number of allylic oxidation sites excluding steroid dienone is 1. The van der Waals surface area contributed by atoms with Crippen LogP contribution in [-0.2, 0) is 9.59 Å². The Bertz CT molecular complexity index is 969. The smallest absolute Gasteiger partial charge is 0.232 e. The monoisotopic (exact) mass is 427 g/mol. The Balaban J connectivity index is 2.10. The molecule has 0 fully saturated rings. The Hall–Kier alpha value is -3.48. The van der Waals surface area contributed by atoms with Crippen molar-refractivity contribution in [2.75, 3.05) is 26.6 Å². The van der Waals surface area contributed by atoms with E-state index in [-0.39, 0.29) is 23.9 Å².